The largest absolute Gasteiger partial charge is 0.436 e. The molecule has 0 saturated carbocycles. The molecule has 0 bridgehead atoms. The van der Waals surface area contributed by atoms with E-state index in [1.165, 1.54) is 11.1 Å². The lowest BCUT2D eigenvalue weighted by Gasteiger charge is -2.11. The number of carbonyl (C=O) groups excluding carboxylic acids is 1. The molecular formula is C26H26N2O2. The quantitative estimate of drug-likeness (QED) is 0.411. The first-order chi connectivity index (χ1) is 14.3. The molecule has 1 N–H and O–H groups in total. The molecule has 0 radical (unpaired) electrons. The average Bonchev–Trinajstić information content (AvgIpc) is 3.14. The Morgan fingerprint density at radius 2 is 1.67 bits per heavy atom. The third-order valence-corrected chi connectivity index (χ3v) is 5.58. The van der Waals surface area contributed by atoms with Gasteiger partial charge in [-0.15, -0.1) is 0 Å². The van der Waals surface area contributed by atoms with Crippen LogP contribution in [0.25, 0.3) is 22.6 Å². The molecule has 4 nitrogen and oxygen atoms in total. The molecule has 0 aliphatic heterocycles. The van der Waals surface area contributed by atoms with Crippen LogP contribution in [0.15, 0.2) is 59.0 Å². The van der Waals surface area contributed by atoms with E-state index < -0.39 is 0 Å². The zero-order chi connectivity index (χ0) is 21.4. The molecule has 0 atom stereocenters. The van der Waals surface area contributed by atoms with Crippen molar-refractivity contribution in [1.29, 1.82) is 0 Å². The maximum atomic E-state index is 12.8. The highest BCUT2D eigenvalue weighted by Crippen LogP contribution is 2.29. The summed E-state index contributed by atoms with van der Waals surface area (Å²) < 4.78 is 5.98. The topological polar surface area (TPSA) is 55.1 Å². The van der Waals surface area contributed by atoms with Gasteiger partial charge in [-0.2, -0.15) is 0 Å². The fourth-order valence-electron chi connectivity index (χ4n) is 3.39. The Hall–Kier alpha value is -3.40. The fraction of sp³-hybridized carbons (Fsp3) is 0.231. The zero-order valence-corrected chi connectivity index (χ0v) is 18.0. The molecule has 0 spiro atoms. The normalized spacial score (nSPS) is 11.3. The molecule has 1 amide bonds. The number of aryl methyl sites for hydroxylation is 3. The van der Waals surface area contributed by atoms with Crippen molar-refractivity contribution in [1.82, 2.24) is 4.98 Å². The summed E-state index contributed by atoms with van der Waals surface area (Å²) in [5, 5.41) is 3.03. The van der Waals surface area contributed by atoms with Crippen LogP contribution in [0.5, 0.6) is 0 Å². The number of hydrogen-bond donors (Lipinski definition) is 1. The van der Waals surface area contributed by atoms with Crippen molar-refractivity contribution in [2.24, 2.45) is 0 Å². The van der Waals surface area contributed by atoms with E-state index in [1.54, 1.807) is 0 Å². The molecule has 0 aliphatic carbocycles. The minimum Gasteiger partial charge on any atom is -0.436 e. The second-order valence-electron chi connectivity index (χ2n) is 8.18. The molecule has 4 heteroatoms. The number of benzene rings is 3. The van der Waals surface area contributed by atoms with Crippen molar-refractivity contribution < 1.29 is 9.21 Å². The molecule has 152 valence electrons. The monoisotopic (exact) mass is 398 g/mol. The van der Waals surface area contributed by atoms with E-state index in [0.717, 1.165) is 33.5 Å². The first-order valence-electron chi connectivity index (χ1n) is 10.2. The zero-order valence-electron chi connectivity index (χ0n) is 18.0. The van der Waals surface area contributed by atoms with Gasteiger partial charge in [0.1, 0.15) is 5.52 Å². The van der Waals surface area contributed by atoms with Gasteiger partial charge in [0.05, 0.1) is 0 Å². The molecule has 4 rings (SSSR count). The number of nitrogens with zero attached hydrogens (tertiary/aromatic N) is 1. The minimum atomic E-state index is -0.127. The van der Waals surface area contributed by atoms with Crippen molar-refractivity contribution in [2.45, 2.75) is 40.5 Å². The van der Waals surface area contributed by atoms with Crippen LogP contribution in [-0.4, -0.2) is 10.9 Å². The van der Waals surface area contributed by atoms with Gasteiger partial charge in [0.15, 0.2) is 5.58 Å². The lowest BCUT2D eigenvalue weighted by Crippen LogP contribution is -2.13. The van der Waals surface area contributed by atoms with Gasteiger partial charge in [0.2, 0.25) is 5.89 Å². The number of aromatic nitrogens is 1. The third kappa shape index (κ3) is 3.86. The number of nitrogens with one attached hydrogen (secondary N) is 1. The lowest BCUT2D eigenvalue weighted by molar-refractivity contribution is 0.102. The highest BCUT2D eigenvalue weighted by atomic mass is 16.3. The van der Waals surface area contributed by atoms with Crippen molar-refractivity contribution in [3.8, 4) is 11.5 Å². The predicted octanol–water partition coefficient (Wildman–Crippen LogP) is 6.80. The Morgan fingerprint density at radius 1 is 0.900 bits per heavy atom. The maximum absolute atomic E-state index is 12.8. The van der Waals surface area contributed by atoms with Crippen LogP contribution >= 0.6 is 0 Å². The van der Waals surface area contributed by atoms with Crippen LogP contribution in [0.3, 0.4) is 0 Å². The molecule has 0 fully saturated rings. The van der Waals surface area contributed by atoms with Crippen molar-refractivity contribution in [3.05, 3.63) is 82.4 Å². The summed E-state index contributed by atoms with van der Waals surface area (Å²) >= 11 is 0. The Balaban J connectivity index is 1.65. The van der Waals surface area contributed by atoms with E-state index >= 15 is 0 Å². The summed E-state index contributed by atoms with van der Waals surface area (Å²) in [6.45, 7) is 10.3. The van der Waals surface area contributed by atoms with Gasteiger partial charge in [-0.1, -0.05) is 32.0 Å². The van der Waals surface area contributed by atoms with Crippen molar-refractivity contribution in [3.63, 3.8) is 0 Å². The van der Waals surface area contributed by atoms with E-state index in [1.807, 2.05) is 63.2 Å². The molecular weight excluding hydrogens is 372 g/mol. The number of amides is 1. The lowest BCUT2D eigenvalue weighted by atomic mass is 10.0. The summed E-state index contributed by atoms with van der Waals surface area (Å²) in [4.78, 5) is 17.4. The Labute approximate surface area is 177 Å². The van der Waals surface area contributed by atoms with Gasteiger partial charge in [-0.05, 0) is 85.3 Å². The number of oxazole rings is 1. The first-order valence-corrected chi connectivity index (χ1v) is 10.2. The number of carbonyl (C=O) groups is 1. The average molecular weight is 399 g/mol. The molecule has 1 aromatic heterocycles. The SMILES string of the molecule is Cc1ccc(C(=O)Nc2cc(-c3nc4cc(C(C)C)ccc4o3)ccc2C)cc1C. The van der Waals surface area contributed by atoms with Crippen LogP contribution in [0, 0.1) is 20.8 Å². The Morgan fingerprint density at radius 3 is 2.40 bits per heavy atom. The molecule has 1 heterocycles. The van der Waals surface area contributed by atoms with Gasteiger partial charge in [-0.25, -0.2) is 4.98 Å². The second-order valence-corrected chi connectivity index (χ2v) is 8.18. The van der Waals surface area contributed by atoms with Crippen LogP contribution in [0.4, 0.5) is 5.69 Å². The molecule has 0 saturated heterocycles. The summed E-state index contributed by atoms with van der Waals surface area (Å²) in [5.41, 5.74) is 8.31. The summed E-state index contributed by atoms with van der Waals surface area (Å²) in [6.07, 6.45) is 0. The highest BCUT2D eigenvalue weighted by Gasteiger charge is 2.14. The van der Waals surface area contributed by atoms with E-state index in [4.69, 9.17) is 4.42 Å². The van der Waals surface area contributed by atoms with Gasteiger partial charge in [-0.3, -0.25) is 4.79 Å². The van der Waals surface area contributed by atoms with E-state index in [-0.39, 0.29) is 5.91 Å². The Kier molecular flexibility index (Phi) is 5.17. The predicted molar refractivity (Wildman–Crippen MR) is 122 cm³/mol. The van der Waals surface area contributed by atoms with Crippen LogP contribution in [0.2, 0.25) is 0 Å². The summed E-state index contributed by atoms with van der Waals surface area (Å²) in [7, 11) is 0. The summed E-state index contributed by atoms with van der Waals surface area (Å²) in [6, 6.07) is 17.7. The van der Waals surface area contributed by atoms with Crippen LogP contribution < -0.4 is 5.32 Å². The molecule has 0 unspecified atom stereocenters. The van der Waals surface area contributed by atoms with Crippen molar-refractivity contribution in [2.75, 3.05) is 5.32 Å². The van der Waals surface area contributed by atoms with E-state index in [9.17, 15) is 4.79 Å². The minimum absolute atomic E-state index is 0.127. The number of hydrogen-bond acceptors (Lipinski definition) is 3. The van der Waals surface area contributed by atoms with Gasteiger partial charge < -0.3 is 9.73 Å². The van der Waals surface area contributed by atoms with Gasteiger partial charge in [0.25, 0.3) is 5.91 Å². The summed E-state index contributed by atoms with van der Waals surface area (Å²) in [5.74, 6) is 0.853. The van der Waals surface area contributed by atoms with Crippen LogP contribution in [-0.2, 0) is 0 Å². The molecule has 30 heavy (non-hydrogen) atoms. The third-order valence-electron chi connectivity index (χ3n) is 5.58. The molecule has 3 aromatic carbocycles. The Bertz CT molecular complexity index is 1250. The van der Waals surface area contributed by atoms with E-state index in [2.05, 4.69) is 36.3 Å². The molecule has 0 aliphatic rings. The molecule has 4 aromatic rings. The van der Waals surface area contributed by atoms with E-state index in [0.29, 0.717) is 17.4 Å². The maximum Gasteiger partial charge on any atom is 0.255 e. The number of fused-ring (bicyclic) bond motifs is 1. The first kappa shape index (κ1) is 19.9. The number of anilines is 1. The van der Waals surface area contributed by atoms with Gasteiger partial charge in [0, 0.05) is 16.8 Å². The standard InChI is InChI=1S/C26H26N2O2/c1-15(2)19-10-11-24-23(13-19)28-26(30-24)21-9-7-17(4)22(14-21)27-25(29)20-8-6-16(3)18(5)12-20/h6-15H,1-5H3,(H,27,29). The highest BCUT2D eigenvalue weighted by molar-refractivity contribution is 6.05. The number of rotatable bonds is 4. The van der Waals surface area contributed by atoms with Crippen LogP contribution in [0.1, 0.15) is 52.4 Å². The smallest absolute Gasteiger partial charge is 0.255 e. The second kappa shape index (κ2) is 7.79. The fourth-order valence-corrected chi connectivity index (χ4v) is 3.39. The van der Waals surface area contributed by atoms with Crippen molar-refractivity contribution >= 4 is 22.7 Å². The van der Waals surface area contributed by atoms with Gasteiger partial charge >= 0.3 is 0 Å².